The van der Waals surface area contributed by atoms with Crippen molar-refractivity contribution in [1.82, 2.24) is 31.1 Å². The summed E-state index contributed by atoms with van der Waals surface area (Å²) in [7, 11) is 0. The molecule has 3 N–H and O–H groups in total. The second-order valence-electron chi connectivity index (χ2n) is 7.26. The fourth-order valence-corrected chi connectivity index (χ4v) is 3.73. The molecule has 1 aromatic carbocycles. The summed E-state index contributed by atoms with van der Waals surface area (Å²) < 4.78 is 0. The monoisotopic (exact) mass is 398 g/mol. The zero-order chi connectivity index (χ0) is 20.5. The number of carbonyl (C=O) groups is 4. The summed E-state index contributed by atoms with van der Waals surface area (Å²) in [4.78, 5) is 52.7. The summed E-state index contributed by atoms with van der Waals surface area (Å²) in [6.45, 7) is 1.62. The Labute approximate surface area is 167 Å². The van der Waals surface area contributed by atoms with Crippen LogP contribution < -0.4 is 16.3 Å². The van der Waals surface area contributed by atoms with Crippen LogP contribution in [-0.2, 0) is 25.6 Å². The minimum atomic E-state index is -0.907. The molecule has 10 heteroatoms. The number of imide groups is 1. The summed E-state index contributed by atoms with van der Waals surface area (Å²) in [5.74, 6) is -1.65. The average molecular weight is 398 g/mol. The number of rotatable bonds is 4. The van der Waals surface area contributed by atoms with Crippen molar-refractivity contribution in [2.24, 2.45) is 0 Å². The fraction of sp³-hybridized carbons (Fsp3) is 0.368. The Morgan fingerprint density at radius 2 is 1.79 bits per heavy atom. The van der Waals surface area contributed by atoms with E-state index >= 15 is 0 Å². The van der Waals surface area contributed by atoms with Gasteiger partial charge in [-0.25, -0.2) is 5.43 Å². The third-order valence-electron chi connectivity index (χ3n) is 5.19. The fourth-order valence-electron chi connectivity index (χ4n) is 3.73. The van der Waals surface area contributed by atoms with Crippen molar-refractivity contribution >= 4 is 23.6 Å². The van der Waals surface area contributed by atoms with E-state index in [0.717, 1.165) is 5.56 Å². The molecule has 0 bridgehead atoms. The van der Waals surface area contributed by atoms with E-state index in [2.05, 4.69) is 16.3 Å². The summed E-state index contributed by atoms with van der Waals surface area (Å²) in [6, 6.07) is 7.87. The number of hydrogen-bond donors (Lipinski definition) is 3. The van der Waals surface area contributed by atoms with Gasteiger partial charge in [-0.2, -0.15) is 5.53 Å². The van der Waals surface area contributed by atoms with Crippen molar-refractivity contribution < 1.29 is 19.2 Å². The van der Waals surface area contributed by atoms with E-state index in [1.54, 1.807) is 13.1 Å². The van der Waals surface area contributed by atoms with Crippen LogP contribution in [0.2, 0.25) is 0 Å². The van der Waals surface area contributed by atoms with Crippen molar-refractivity contribution in [2.75, 3.05) is 19.6 Å². The molecule has 3 heterocycles. The van der Waals surface area contributed by atoms with Crippen LogP contribution in [-0.4, -0.2) is 70.2 Å². The van der Waals surface area contributed by atoms with Gasteiger partial charge >= 0.3 is 0 Å². The number of carbonyl (C=O) groups excluding carboxylic acids is 4. The molecule has 29 heavy (non-hydrogen) atoms. The van der Waals surface area contributed by atoms with Gasteiger partial charge in [0.25, 0.3) is 5.91 Å². The zero-order valence-electron chi connectivity index (χ0n) is 15.9. The number of fused-ring (bicyclic) bond motifs is 1. The van der Waals surface area contributed by atoms with Crippen molar-refractivity contribution in [3.63, 3.8) is 0 Å². The van der Waals surface area contributed by atoms with Crippen LogP contribution in [0.1, 0.15) is 12.5 Å². The van der Waals surface area contributed by atoms with Gasteiger partial charge in [-0.3, -0.25) is 29.1 Å². The number of benzene rings is 1. The standard InChI is InChI=1S/C19H22N6O4/c1-12-9-25-17(18(28)20-12)16(21-22-25)19(29)23-10-14(26)24(15(27)11-23)8-7-13-5-3-2-4-6-13/h2-6,9,16-17,21-22H,7-8,10-11H2,1H3,(H,20,28). The molecule has 2 fully saturated rings. The molecule has 3 aliphatic heterocycles. The Morgan fingerprint density at radius 3 is 2.48 bits per heavy atom. The van der Waals surface area contributed by atoms with Crippen LogP contribution in [0.3, 0.4) is 0 Å². The molecular weight excluding hydrogens is 376 g/mol. The first-order valence-corrected chi connectivity index (χ1v) is 9.39. The van der Waals surface area contributed by atoms with Gasteiger partial charge in [0, 0.05) is 18.4 Å². The van der Waals surface area contributed by atoms with E-state index in [1.165, 1.54) is 14.8 Å². The van der Waals surface area contributed by atoms with Crippen LogP contribution in [0.15, 0.2) is 42.2 Å². The minimum Gasteiger partial charge on any atom is -0.327 e. The Bertz CT molecular complexity index is 868. The number of amides is 4. The SMILES string of the molecule is CC1=CN2NNC(C(=O)N3CC(=O)N(CCc4ccccc4)C(=O)C3)C2C(=O)N1. The number of hydrogen-bond acceptors (Lipinski definition) is 7. The Kier molecular flexibility index (Phi) is 5.03. The van der Waals surface area contributed by atoms with Gasteiger partial charge < -0.3 is 10.2 Å². The van der Waals surface area contributed by atoms with E-state index in [0.29, 0.717) is 12.1 Å². The average Bonchev–Trinajstić information content (AvgIpc) is 3.11. The number of piperazine rings is 1. The van der Waals surface area contributed by atoms with Crippen LogP contribution in [0.5, 0.6) is 0 Å². The second kappa shape index (κ2) is 7.64. The van der Waals surface area contributed by atoms with Crippen molar-refractivity contribution in [1.29, 1.82) is 0 Å². The topological polar surface area (TPSA) is 114 Å². The third-order valence-corrected chi connectivity index (χ3v) is 5.19. The smallest absolute Gasteiger partial charge is 0.250 e. The van der Waals surface area contributed by atoms with Gasteiger partial charge in [0.15, 0.2) is 6.04 Å². The summed E-state index contributed by atoms with van der Waals surface area (Å²) in [6.07, 6.45) is 2.23. The number of nitrogens with one attached hydrogen (secondary N) is 3. The molecule has 2 atom stereocenters. The molecule has 0 spiro atoms. The first-order chi connectivity index (χ1) is 13.9. The first-order valence-electron chi connectivity index (χ1n) is 9.39. The van der Waals surface area contributed by atoms with Gasteiger partial charge in [0.1, 0.15) is 19.1 Å². The third kappa shape index (κ3) is 3.71. The molecule has 4 rings (SSSR count). The molecule has 0 aromatic heterocycles. The maximum Gasteiger partial charge on any atom is 0.250 e. The number of hydrazine groups is 2. The first kappa shape index (κ1) is 19.1. The molecule has 1 aromatic rings. The second-order valence-corrected chi connectivity index (χ2v) is 7.26. The molecule has 0 aliphatic carbocycles. The predicted molar refractivity (Wildman–Crippen MR) is 101 cm³/mol. The van der Waals surface area contributed by atoms with Crippen LogP contribution in [0, 0.1) is 0 Å². The molecule has 0 saturated carbocycles. The Balaban J connectivity index is 1.40. The highest BCUT2D eigenvalue weighted by atomic mass is 16.2. The zero-order valence-corrected chi connectivity index (χ0v) is 15.9. The van der Waals surface area contributed by atoms with E-state index in [1.807, 2.05) is 30.3 Å². The molecule has 3 aliphatic rings. The summed E-state index contributed by atoms with van der Waals surface area (Å²) >= 11 is 0. The highest BCUT2D eigenvalue weighted by Crippen LogP contribution is 2.18. The lowest BCUT2D eigenvalue weighted by molar-refractivity contribution is -0.157. The van der Waals surface area contributed by atoms with E-state index in [-0.39, 0.29) is 25.5 Å². The highest BCUT2D eigenvalue weighted by Gasteiger charge is 2.47. The molecule has 10 nitrogen and oxygen atoms in total. The Hall–Kier alpha value is -3.24. The van der Waals surface area contributed by atoms with Crippen molar-refractivity contribution in [3.05, 3.63) is 47.8 Å². The summed E-state index contributed by atoms with van der Waals surface area (Å²) in [5.41, 5.74) is 7.23. The maximum atomic E-state index is 12.9. The molecule has 152 valence electrons. The number of nitrogens with zero attached hydrogens (tertiary/aromatic N) is 3. The molecule has 2 saturated heterocycles. The van der Waals surface area contributed by atoms with Gasteiger partial charge in [0.2, 0.25) is 17.7 Å². The minimum absolute atomic E-state index is 0.194. The van der Waals surface area contributed by atoms with Crippen molar-refractivity contribution in [2.45, 2.75) is 25.4 Å². The van der Waals surface area contributed by atoms with Gasteiger partial charge in [-0.15, -0.1) is 0 Å². The van der Waals surface area contributed by atoms with E-state index in [9.17, 15) is 19.2 Å². The molecular formula is C19H22N6O4. The van der Waals surface area contributed by atoms with Gasteiger partial charge in [-0.05, 0) is 18.9 Å². The van der Waals surface area contributed by atoms with Crippen LogP contribution >= 0.6 is 0 Å². The lowest BCUT2D eigenvalue weighted by Gasteiger charge is -2.35. The molecule has 2 unspecified atom stereocenters. The largest absolute Gasteiger partial charge is 0.327 e. The highest BCUT2D eigenvalue weighted by molar-refractivity contribution is 6.04. The molecule has 0 radical (unpaired) electrons. The van der Waals surface area contributed by atoms with Gasteiger partial charge in [0.05, 0.1) is 0 Å². The molecule has 4 amide bonds. The van der Waals surface area contributed by atoms with Crippen LogP contribution in [0.25, 0.3) is 0 Å². The predicted octanol–water partition coefficient (Wildman–Crippen LogP) is -1.52. The number of allylic oxidation sites excluding steroid dienone is 1. The summed E-state index contributed by atoms with van der Waals surface area (Å²) in [5, 5.41) is 4.19. The maximum absolute atomic E-state index is 12.9. The quantitative estimate of drug-likeness (QED) is 0.528. The lowest BCUT2D eigenvalue weighted by atomic mass is 10.0. The van der Waals surface area contributed by atoms with E-state index < -0.39 is 29.8 Å². The Morgan fingerprint density at radius 1 is 1.10 bits per heavy atom. The van der Waals surface area contributed by atoms with Crippen LogP contribution in [0.4, 0.5) is 0 Å². The lowest BCUT2D eigenvalue weighted by Crippen LogP contribution is -2.61. The normalized spacial score (nSPS) is 24.4. The van der Waals surface area contributed by atoms with E-state index in [4.69, 9.17) is 0 Å². The van der Waals surface area contributed by atoms with Gasteiger partial charge in [-0.1, -0.05) is 30.3 Å². The van der Waals surface area contributed by atoms with Crippen molar-refractivity contribution in [3.8, 4) is 0 Å².